The molecule has 0 radical (unpaired) electrons. The predicted molar refractivity (Wildman–Crippen MR) is 73.1 cm³/mol. The highest BCUT2D eigenvalue weighted by Gasteiger charge is 2.03. The van der Waals surface area contributed by atoms with Crippen LogP contribution in [0.1, 0.15) is 31.7 Å². The Bertz CT molecular complexity index is 315. The molecule has 0 unspecified atom stereocenters. The SMILES string of the molecule is CCCCCSCc1ccc(N)cc1OC. The number of nitrogens with two attached hydrogens (primary N) is 1. The van der Waals surface area contributed by atoms with E-state index in [0.29, 0.717) is 0 Å². The van der Waals surface area contributed by atoms with Crippen LogP contribution in [-0.2, 0) is 5.75 Å². The van der Waals surface area contributed by atoms with Gasteiger partial charge in [-0.2, -0.15) is 11.8 Å². The molecule has 2 N–H and O–H groups in total. The number of hydrogen-bond donors (Lipinski definition) is 1. The summed E-state index contributed by atoms with van der Waals surface area (Å²) in [6, 6.07) is 5.88. The van der Waals surface area contributed by atoms with Gasteiger partial charge in [0.25, 0.3) is 0 Å². The maximum absolute atomic E-state index is 5.71. The zero-order chi connectivity index (χ0) is 11.8. The highest BCUT2D eigenvalue weighted by atomic mass is 32.2. The second-order valence-corrected chi connectivity index (χ2v) is 4.94. The number of benzene rings is 1. The lowest BCUT2D eigenvalue weighted by atomic mass is 10.2. The molecule has 0 aromatic heterocycles. The second kappa shape index (κ2) is 7.44. The van der Waals surface area contributed by atoms with Crippen molar-refractivity contribution in [3.05, 3.63) is 23.8 Å². The third kappa shape index (κ3) is 4.35. The van der Waals surface area contributed by atoms with Crippen LogP contribution in [0, 0.1) is 0 Å². The van der Waals surface area contributed by atoms with Crippen LogP contribution in [0.15, 0.2) is 18.2 Å². The molecule has 0 bridgehead atoms. The number of methoxy groups -OCH3 is 1. The first-order valence-electron chi connectivity index (χ1n) is 5.78. The molecule has 1 rings (SSSR count). The van der Waals surface area contributed by atoms with Gasteiger partial charge in [0, 0.05) is 23.1 Å². The molecule has 0 saturated carbocycles. The Morgan fingerprint density at radius 1 is 1.31 bits per heavy atom. The van der Waals surface area contributed by atoms with Gasteiger partial charge in [0.05, 0.1) is 7.11 Å². The minimum atomic E-state index is 0.761. The van der Waals surface area contributed by atoms with Gasteiger partial charge in [0.2, 0.25) is 0 Å². The Balaban J connectivity index is 2.41. The zero-order valence-electron chi connectivity index (χ0n) is 10.2. The lowest BCUT2D eigenvalue weighted by Gasteiger charge is -2.08. The smallest absolute Gasteiger partial charge is 0.124 e. The van der Waals surface area contributed by atoms with E-state index in [2.05, 4.69) is 13.0 Å². The van der Waals surface area contributed by atoms with Gasteiger partial charge in [-0.3, -0.25) is 0 Å². The third-order valence-electron chi connectivity index (χ3n) is 2.46. The van der Waals surface area contributed by atoms with E-state index >= 15 is 0 Å². The average Bonchev–Trinajstić information content (AvgIpc) is 2.30. The van der Waals surface area contributed by atoms with Gasteiger partial charge in [-0.25, -0.2) is 0 Å². The molecule has 16 heavy (non-hydrogen) atoms. The lowest BCUT2D eigenvalue weighted by molar-refractivity contribution is 0.411. The van der Waals surface area contributed by atoms with E-state index in [9.17, 15) is 0 Å². The van der Waals surface area contributed by atoms with Crippen LogP contribution >= 0.6 is 11.8 Å². The van der Waals surface area contributed by atoms with E-state index in [0.717, 1.165) is 17.2 Å². The van der Waals surface area contributed by atoms with Crippen molar-refractivity contribution in [1.29, 1.82) is 0 Å². The van der Waals surface area contributed by atoms with E-state index in [4.69, 9.17) is 10.5 Å². The number of anilines is 1. The van der Waals surface area contributed by atoms with Crippen molar-refractivity contribution in [3.8, 4) is 5.75 Å². The zero-order valence-corrected chi connectivity index (χ0v) is 11.0. The largest absolute Gasteiger partial charge is 0.496 e. The van der Waals surface area contributed by atoms with Crippen molar-refractivity contribution < 1.29 is 4.74 Å². The maximum atomic E-state index is 5.71. The summed E-state index contributed by atoms with van der Waals surface area (Å²) in [4.78, 5) is 0. The number of unbranched alkanes of at least 4 members (excludes halogenated alkanes) is 2. The molecule has 1 aromatic rings. The Hall–Kier alpha value is -0.830. The Kier molecular flexibility index (Phi) is 6.16. The second-order valence-electron chi connectivity index (χ2n) is 3.83. The molecule has 0 atom stereocenters. The van der Waals surface area contributed by atoms with Gasteiger partial charge in [0.15, 0.2) is 0 Å². The standard InChI is InChI=1S/C13H21NOS/c1-3-4-5-8-16-10-11-6-7-12(14)9-13(11)15-2/h6-7,9H,3-5,8,10,14H2,1-2H3. The van der Waals surface area contributed by atoms with Crippen LogP contribution < -0.4 is 10.5 Å². The first-order valence-corrected chi connectivity index (χ1v) is 6.93. The minimum absolute atomic E-state index is 0.761. The number of ether oxygens (including phenoxy) is 1. The number of hydrogen-bond acceptors (Lipinski definition) is 3. The quantitative estimate of drug-likeness (QED) is 0.582. The minimum Gasteiger partial charge on any atom is -0.496 e. The summed E-state index contributed by atoms with van der Waals surface area (Å²) in [5.74, 6) is 3.14. The summed E-state index contributed by atoms with van der Waals surface area (Å²) >= 11 is 1.96. The van der Waals surface area contributed by atoms with E-state index in [1.165, 1.54) is 30.6 Å². The normalized spacial score (nSPS) is 10.4. The van der Waals surface area contributed by atoms with Crippen molar-refractivity contribution >= 4 is 17.4 Å². The van der Waals surface area contributed by atoms with Crippen LogP contribution in [-0.4, -0.2) is 12.9 Å². The first kappa shape index (κ1) is 13.2. The summed E-state index contributed by atoms with van der Waals surface area (Å²) in [6.45, 7) is 2.23. The Morgan fingerprint density at radius 3 is 2.81 bits per heavy atom. The summed E-state index contributed by atoms with van der Waals surface area (Å²) in [5, 5.41) is 0. The lowest BCUT2D eigenvalue weighted by Crippen LogP contribution is -1.93. The highest BCUT2D eigenvalue weighted by molar-refractivity contribution is 7.98. The fraction of sp³-hybridized carbons (Fsp3) is 0.538. The highest BCUT2D eigenvalue weighted by Crippen LogP contribution is 2.25. The van der Waals surface area contributed by atoms with Crippen molar-refractivity contribution in [2.45, 2.75) is 31.9 Å². The third-order valence-corrected chi connectivity index (χ3v) is 3.55. The van der Waals surface area contributed by atoms with E-state index in [1.54, 1.807) is 7.11 Å². The summed E-state index contributed by atoms with van der Waals surface area (Å²) < 4.78 is 5.31. The molecule has 0 amide bonds. The van der Waals surface area contributed by atoms with Gasteiger partial charge in [-0.05, 0) is 18.2 Å². The number of nitrogen functional groups attached to an aromatic ring is 1. The van der Waals surface area contributed by atoms with Gasteiger partial charge in [-0.15, -0.1) is 0 Å². The summed E-state index contributed by atoms with van der Waals surface area (Å²) in [6.07, 6.45) is 3.91. The molecular formula is C13H21NOS. The average molecular weight is 239 g/mol. The van der Waals surface area contributed by atoms with E-state index in [-0.39, 0.29) is 0 Å². The molecule has 0 spiro atoms. The molecule has 0 heterocycles. The predicted octanol–water partition coefficient (Wildman–Crippen LogP) is 3.70. The Morgan fingerprint density at radius 2 is 2.12 bits per heavy atom. The van der Waals surface area contributed by atoms with Crippen molar-refractivity contribution in [2.24, 2.45) is 0 Å². The molecular weight excluding hydrogens is 218 g/mol. The molecule has 0 aliphatic rings. The summed E-state index contributed by atoms with van der Waals surface area (Å²) in [7, 11) is 1.69. The molecule has 2 nitrogen and oxygen atoms in total. The van der Waals surface area contributed by atoms with Gasteiger partial charge < -0.3 is 10.5 Å². The van der Waals surface area contributed by atoms with Crippen LogP contribution in [0.5, 0.6) is 5.75 Å². The molecule has 90 valence electrons. The van der Waals surface area contributed by atoms with Gasteiger partial charge in [0.1, 0.15) is 5.75 Å². The van der Waals surface area contributed by atoms with Gasteiger partial charge in [-0.1, -0.05) is 25.8 Å². The topological polar surface area (TPSA) is 35.2 Å². The van der Waals surface area contributed by atoms with Crippen molar-refractivity contribution in [2.75, 3.05) is 18.6 Å². The monoisotopic (exact) mass is 239 g/mol. The van der Waals surface area contributed by atoms with E-state index < -0.39 is 0 Å². The summed E-state index contributed by atoms with van der Waals surface area (Å²) in [5.41, 5.74) is 7.71. The molecule has 0 aliphatic carbocycles. The first-order chi connectivity index (χ1) is 7.77. The van der Waals surface area contributed by atoms with Crippen molar-refractivity contribution in [3.63, 3.8) is 0 Å². The van der Waals surface area contributed by atoms with Crippen LogP contribution in [0.3, 0.4) is 0 Å². The van der Waals surface area contributed by atoms with Crippen LogP contribution in [0.2, 0.25) is 0 Å². The van der Waals surface area contributed by atoms with Crippen LogP contribution in [0.25, 0.3) is 0 Å². The maximum Gasteiger partial charge on any atom is 0.124 e. The van der Waals surface area contributed by atoms with Crippen molar-refractivity contribution in [1.82, 2.24) is 0 Å². The molecule has 0 saturated heterocycles. The molecule has 0 aliphatic heterocycles. The fourth-order valence-electron chi connectivity index (χ4n) is 1.52. The van der Waals surface area contributed by atoms with E-state index in [1.807, 2.05) is 23.9 Å². The molecule has 1 aromatic carbocycles. The fourth-order valence-corrected chi connectivity index (χ4v) is 2.53. The number of thioether (sulfide) groups is 1. The molecule has 0 fully saturated rings. The molecule has 3 heteroatoms. The Labute approximate surface area is 103 Å². The number of rotatable bonds is 7. The van der Waals surface area contributed by atoms with Crippen LogP contribution in [0.4, 0.5) is 5.69 Å². The van der Waals surface area contributed by atoms with Gasteiger partial charge >= 0.3 is 0 Å².